The van der Waals surface area contributed by atoms with Gasteiger partial charge >= 0.3 is 0 Å². The molecule has 0 saturated heterocycles. The van der Waals surface area contributed by atoms with E-state index in [0.717, 1.165) is 0 Å². The van der Waals surface area contributed by atoms with Crippen molar-refractivity contribution in [3.05, 3.63) is 28.7 Å². The number of aliphatic hydroxyl groups excluding tert-OH is 1. The first-order valence-corrected chi connectivity index (χ1v) is 7.54. The minimum atomic E-state index is -3.55. The van der Waals surface area contributed by atoms with Gasteiger partial charge in [-0.1, -0.05) is 35.8 Å². The van der Waals surface area contributed by atoms with Crippen LogP contribution in [0, 0.1) is 5.92 Å². The molecule has 1 unspecified atom stereocenters. The maximum Gasteiger partial charge on any atom is 0.240 e. The van der Waals surface area contributed by atoms with Crippen molar-refractivity contribution in [1.82, 2.24) is 4.72 Å². The van der Waals surface area contributed by atoms with Crippen LogP contribution in [0.1, 0.15) is 13.8 Å². The molecule has 0 aliphatic carbocycles. The smallest absolute Gasteiger partial charge is 0.240 e. The summed E-state index contributed by atoms with van der Waals surface area (Å²) in [6.45, 7) is 3.68. The summed E-state index contributed by atoms with van der Waals surface area (Å²) < 4.78 is 26.8. The molecule has 17 heavy (non-hydrogen) atoms. The van der Waals surface area contributed by atoms with E-state index < -0.39 is 16.1 Å². The highest BCUT2D eigenvalue weighted by Gasteiger charge is 2.17. The Hall–Kier alpha value is -0.430. The molecule has 0 heterocycles. The lowest BCUT2D eigenvalue weighted by Gasteiger charge is -2.15. The zero-order valence-corrected chi connectivity index (χ0v) is 12.1. The number of benzene rings is 1. The summed E-state index contributed by atoms with van der Waals surface area (Å²) in [4.78, 5) is 0.183. The molecule has 0 aliphatic rings. The highest BCUT2D eigenvalue weighted by molar-refractivity contribution is 9.10. The Balaban J connectivity index is 2.76. The summed E-state index contributed by atoms with van der Waals surface area (Å²) >= 11 is 3.22. The molecule has 0 aromatic heterocycles. The van der Waals surface area contributed by atoms with Crippen LogP contribution in [-0.4, -0.2) is 26.2 Å². The zero-order valence-electron chi connectivity index (χ0n) is 9.72. The van der Waals surface area contributed by atoms with Gasteiger partial charge in [-0.25, -0.2) is 13.1 Å². The molecule has 96 valence electrons. The van der Waals surface area contributed by atoms with Crippen LogP contribution in [0.15, 0.2) is 33.6 Å². The van der Waals surface area contributed by atoms with Gasteiger partial charge in [0.1, 0.15) is 0 Å². The van der Waals surface area contributed by atoms with Gasteiger partial charge in [0.25, 0.3) is 0 Å². The molecule has 4 nitrogen and oxygen atoms in total. The second-order valence-electron chi connectivity index (χ2n) is 4.12. The number of aliphatic hydroxyl groups is 1. The van der Waals surface area contributed by atoms with Crippen molar-refractivity contribution in [2.24, 2.45) is 5.92 Å². The van der Waals surface area contributed by atoms with E-state index in [1.54, 1.807) is 12.1 Å². The van der Waals surface area contributed by atoms with Crippen molar-refractivity contribution in [3.63, 3.8) is 0 Å². The van der Waals surface area contributed by atoms with Gasteiger partial charge in [-0.15, -0.1) is 0 Å². The van der Waals surface area contributed by atoms with Crippen molar-refractivity contribution in [2.75, 3.05) is 6.54 Å². The molecule has 0 saturated carbocycles. The predicted molar refractivity (Wildman–Crippen MR) is 70.2 cm³/mol. The van der Waals surface area contributed by atoms with Crippen molar-refractivity contribution >= 4 is 26.0 Å². The van der Waals surface area contributed by atoms with E-state index in [1.807, 2.05) is 13.8 Å². The molecule has 1 aromatic carbocycles. The summed E-state index contributed by atoms with van der Waals surface area (Å²) in [5.41, 5.74) is 0. The lowest BCUT2D eigenvalue weighted by molar-refractivity contribution is 0.129. The van der Waals surface area contributed by atoms with Crippen molar-refractivity contribution in [3.8, 4) is 0 Å². The van der Waals surface area contributed by atoms with Gasteiger partial charge < -0.3 is 5.11 Å². The maximum absolute atomic E-state index is 11.9. The molecular weight excluding hydrogens is 306 g/mol. The minimum absolute atomic E-state index is 0.0141. The first-order valence-electron chi connectivity index (χ1n) is 5.26. The Kier molecular flexibility index (Phi) is 5.12. The lowest BCUT2D eigenvalue weighted by Crippen LogP contribution is -2.34. The predicted octanol–water partition coefficient (Wildman–Crippen LogP) is 1.74. The molecule has 0 radical (unpaired) electrons. The van der Waals surface area contributed by atoms with Crippen LogP contribution in [0.3, 0.4) is 0 Å². The van der Waals surface area contributed by atoms with Gasteiger partial charge in [-0.3, -0.25) is 0 Å². The fourth-order valence-corrected chi connectivity index (χ4v) is 2.80. The molecule has 0 aliphatic heterocycles. The van der Waals surface area contributed by atoms with Gasteiger partial charge in [-0.05, 0) is 24.1 Å². The van der Waals surface area contributed by atoms with Crippen molar-refractivity contribution < 1.29 is 13.5 Å². The molecule has 0 spiro atoms. The number of hydrogen-bond donors (Lipinski definition) is 2. The average Bonchev–Trinajstić information content (AvgIpc) is 2.26. The van der Waals surface area contributed by atoms with Crippen LogP contribution in [-0.2, 0) is 10.0 Å². The van der Waals surface area contributed by atoms with Gasteiger partial charge in [-0.2, -0.15) is 0 Å². The van der Waals surface area contributed by atoms with Crippen molar-refractivity contribution in [1.29, 1.82) is 0 Å². The normalized spacial score (nSPS) is 13.9. The largest absolute Gasteiger partial charge is 0.391 e. The first-order chi connectivity index (χ1) is 7.83. The second kappa shape index (κ2) is 5.95. The Morgan fingerprint density at radius 3 is 2.59 bits per heavy atom. The summed E-state index contributed by atoms with van der Waals surface area (Å²) in [6.07, 6.45) is -0.683. The van der Waals surface area contributed by atoms with E-state index in [1.165, 1.54) is 12.1 Å². The maximum atomic E-state index is 11.9. The van der Waals surface area contributed by atoms with Crippen LogP contribution in [0.5, 0.6) is 0 Å². The standard InChI is InChI=1S/C11H16BrNO3S/c1-8(2)11(14)7-13-17(15,16)10-5-3-4-9(12)6-10/h3-6,8,11,13-14H,7H2,1-2H3. The molecule has 1 aromatic rings. The van der Waals surface area contributed by atoms with Crippen molar-refractivity contribution in [2.45, 2.75) is 24.8 Å². The van der Waals surface area contributed by atoms with Crippen LogP contribution in [0.25, 0.3) is 0 Å². The van der Waals surface area contributed by atoms with Crippen LogP contribution < -0.4 is 4.72 Å². The molecule has 1 rings (SSSR count). The minimum Gasteiger partial charge on any atom is -0.391 e. The number of nitrogens with one attached hydrogen (secondary N) is 1. The van der Waals surface area contributed by atoms with Crippen LogP contribution >= 0.6 is 15.9 Å². The molecule has 0 bridgehead atoms. The Morgan fingerprint density at radius 1 is 1.41 bits per heavy atom. The molecular formula is C11H16BrNO3S. The molecule has 6 heteroatoms. The third kappa shape index (κ3) is 4.39. The summed E-state index contributed by atoms with van der Waals surface area (Å²) in [7, 11) is -3.55. The van der Waals surface area contributed by atoms with E-state index >= 15 is 0 Å². The average molecular weight is 322 g/mol. The SMILES string of the molecule is CC(C)C(O)CNS(=O)(=O)c1cccc(Br)c1. The fourth-order valence-electron chi connectivity index (χ4n) is 1.15. The number of rotatable bonds is 5. The Labute approximate surface area is 110 Å². The molecule has 1 atom stereocenters. The topological polar surface area (TPSA) is 66.4 Å². The van der Waals surface area contributed by atoms with Gasteiger partial charge in [0.15, 0.2) is 0 Å². The molecule has 0 amide bonds. The highest BCUT2D eigenvalue weighted by atomic mass is 79.9. The summed E-state index contributed by atoms with van der Waals surface area (Å²) in [6, 6.07) is 6.43. The van der Waals surface area contributed by atoms with Crippen LogP contribution in [0.2, 0.25) is 0 Å². The molecule has 2 N–H and O–H groups in total. The Morgan fingerprint density at radius 2 is 2.06 bits per heavy atom. The third-order valence-electron chi connectivity index (χ3n) is 2.36. The van der Waals surface area contributed by atoms with Gasteiger partial charge in [0.05, 0.1) is 11.0 Å². The second-order valence-corrected chi connectivity index (χ2v) is 6.80. The van der Waals surface area contributed by atoms with Gasteiger partial charge in [0, 0.05) is 11.0 Å². The monoisotopic (exact) mass is 321 g/mol. The third-order valence-corrected chi connectivity index (χ3v) is 4.27. The number of halogens is 1. The van der Waals surface area contributed by atoms with Gasteiger partial charge in [0.2, 0.25) is 10.0 Å². The number of sulfonamides is 1. The summed E-state index contributed by atoms with van der Waals surface area (Å²) in [5.74, 6) is 0.0141. The zero-order chi connectivity index (χ0) is 13.1. The fraction of sp³-hybridized carbons (Fsp3) is 0.455. The highest BCUT2D eigenvalue weighted by Crippen LogP contribution is 2.15. The Bertz CT molecular complexity index is 473. The number of hydrogen-bond acceptors (Lipinski definition) is 3. The van der Waals surface area contributed by atoms with E-state index in [-0.39, 0.29) is 17.4 Å². The van der Waals surface area contributed by atoms with E-state index in [0.29, 0.717) is 4.47 Å². The quantitative estimate of drug-likeness (QED) is 0.868. The summed E-state index contributed by atoms with van der Waals surface area (Å²) in [5, 5.41) is 9.56. The van der Waals surface area contributed by atoms with Crippen LogP contribution in [0.4, 0.5) is 0 Å². The molecule has 0 fully saturated rings. The first kappa shape index (κ1) is 14.6. The van der Waals surface area contributed by atoms with E-state index in [2.05, 4.69) is 20.7 Å². The van der Waals surface area contributed by atoms with E-state index in [9.17, 15) is 13.5 Å². The lowest BCUT2D eigenvalue weighted by atomic mass is 10.1. The van der Waals surface area contributed by atoms with E-state index in [4.69, 9.17) is 0 Å².